The Balaban J connectivity index is 1.96. The molecule has 0 atom stereocenters. The first-order chi connectivity index (χ1) is 7.61. The van der Waals surface area contributed by atoms with E-state index in [-0.39, 0.29) is 22.8 Å². The highest BCUT2D eigenvalue weighted by molar-refractivity contribution is 5.94. The predicted octanol–water partition coefficient (Wildman–Crippen LogP) is 0.554. The van der Waals surface area contributed by atoms with Gasteiger partial charge in [0.1, 0.15) is 5.75 Å². The maximum absolute atomic E-state index is 11.7. The number of carbonyl (C=O) groups excluding carboxylic acids is 1. The summed E-state index contributed by atoms with van der Waals surface area (Å²) in [5.74, 6) is -0.457. The maximum Gasteiger partial charge on any atom is 0.273 e. The van der Waals surface area contributed by atoms with Crippen molar-refractivity contribution in [1.82, 2.24) is 10.3 Å². The lowest BCUT2D eigenvalue weighted by Gasteiger charge is -2.37. The molecule has 5 nitrogen and oxygen atoms in total. The number of hydrogen-bond donors (Lipinski definition) is 2. The zero-order valence-electron chi connectivity index (χ0n) is 9.06. The van der Waals surface area contributed by atoms with Gasteiger partial charge < -0.3 is 15.2 Å². The van der Waals surface area contributed by atoms with Crippen molar-refractivity contribution in [1.29, 1.82) is 0 Å². The third kappa shape index (κ3) is 2.14. The normalized spacial score (nSPS) is 17.6. The van der Waals surface area contributed by atoms with Crippen LogP contribution >= 0.6 is 0 Å². The van der Waals surface area contributed by atoms with E-state index in [2.05, 4.69) is 10.3 Å². The summed E-state index contributed by atoms with van der Waals surface area (Å²) in [6, 6.07) is 3.02. The first-order valence-electron chi connectivity index (χ1n) is 5.11. The average Bonchev–Trinajstić information content (AvgIpc) is 2.24. The fourth-order valence-corrected chi connectivity index (χ4v) is 1.50. The molecule has 0 bridgehead atoms. The number of rotatable bonds is 3. The van der Waals surface area contributed by atoms with Crippen LogP contribution in [0, 0.1) is 5.41 Å². The zero-order chi connectivity index (χ0) is 11.6. The van der Waals surface area contributed by atoms with Crippen LogP contribution in [0.5, 0.6) is 5.75 Å². The van der Waals surface area contributed by atoms with Gasteiger partial charge in [0.15, 0.2) is 5.69 Å². The Morgan fingerprint density at radius 1 is 1.69 bits per heavy atom. The number of carbonyl (C=O) groups is 1. The Morgan fingerprint density at radius 3 is 3.00 bits per heavy atom. The minimum atomic E-state index is -0.355. The highest BCUT2D eigenvalue weighted by Crippen LogP contribution is 2.25. The molecular formula is C11H14N2O3. The van der Waals surface area contributed by atoms with Gasteiger partial charge >= 0.3 is 0 Å². The van der Waals surface area contributed by atoms with E-state index in [0.717, 1.165) is 0 Å². The quantitative estimate of drug-likeness (QED) is 0.783. The fraction of sp³-hybridized carbons (Fsp3) is 0.455. The number of aromatic hydroxyl groups is 1. The van der Waals surface area contributed by atoms with Crippen molar-refractivity contribution in [3.63, 3.8) is 0 Å². The lowest BCUT2D eigenvalue weighted by molar-refractivity contribution is -0.0978. The number of amides is 1. The van der Waals surface area contributed by atoms with E-state index in [1.165, 1.54) is 12.3 Å². The van der Waals surface area contributed by atoms with Crippen molar-refractivity contribution in [2.75, 3.05) is 19.8 Å². The largest absolute Gasteiger partial charge is 0.505 e. The third-order valence-electron chi connectivity index (χ3n) is 2.58. The summed E-state index contributed by atoms with van der Waals surface area (Å²) in [6.45, 7) is 3.87. The smallest absolute Gasteiger partial charge is 0.273 e. The monoisotopic (exact) mass is 222 g/mol. The number of pyridine rings is 1. The Kier molecular flexibility index (Phi) is 2.78. The predicted molar refractivity (Wildman–Crippen MR) is 57.2 cm³/mol. The molecule has 0 radical (unpaired) electrons. The number of nitrogens with zero attached hydrogens (tertiary/aromatic N) is 1. The van der Waals surface area contributed by atoms with Crippen LogP contribution in [-0.4, -0.2) is 35.8 Å². The molecule has 1 aliphatic heterocycles. The van der Waals surface area contributed by atoms with Crippen molar-refractivity contribution in [3.8, 4) is 5.75 Å². The van der Waals surface area contributed by atoms with Gasteiger partial charge in [-0.2, -0.15) is 0 Å². The second-order valence-corrected chi connectivity index (χ2v) is 4.36. The summed E-state index contributed by atoms with van der Waals surface area (Å²) in [7, 11) is 0. The van der Waals surface area contributed by atoms with Gasteiger partial charge in [0.2, 0.25) is 0 Å². The number of nitrogens with one attached hydrogen (secondary N) is 1. The van der Waals surface area contributed by atoms with Crippen molar-refractivity contribution in [2.45, 2.75) is 6.92 Å². The molecule has 1 aliphatic rings. The molecule has 0 aliphatic carbocycles. The Labute approximate surface area is 93.5 Å². The van der Waals surface area contributed by atoms with Crippen LogP contribution in [0.25, 0.3) is 0 Å². The number of hydrogen-bond acceptors (Lipinski definition) is 4. The lowest BCUT2D eigenvalue weighted by Crippen LogP contribution is -2.48. The van der Waals surface area contributed by atoms with E-state index in [9.17, 15) is 9.90 Å². The number of aromatic nitrogens is 1. The molecule has 2 heterocycles. The first-order valence-corrected chi connectivity index (χ1v) is 5.11. The van der Waals surface area contributed by atoms with E-state index in [4.69, 9.17) is 4.74 Å². The van der Waals surface area contributed by atoms with Crippen LogP contribution in [0.2, 0.25) is 0 Å². The van der Waals surface area contributed by atoms with Gasteiger partial charge in [0.05, 0.1) is 13.2 Å². The molecular weight excluding hydrogens is 208 g/mol. The number of ether oxygens (including phenoxy) is 1. The Bertz CT molecular complexity index is 402. The maximum atomic E-state index is 11.7. The van der Waals surface area contributed by atoms with Gasteiger partial charge in [-0.3, -0.25) is 4.79 Å². The first kappa shape index (κ1) is 10.9. The third-order valence-corrected chi connectivity index (χ3v) is 2.58. The molecule has 1 aromatic heterocycles. The van der Waals surface area contributed by atoms with Crippen LogP contribution in [0.15, 0.2) is 18.3 Å². The van der Waals surface area contributed by atoms with Crippen LogP contribution in [0.3, 0.4) is 0 Å². The molecule has 1 fully saturated rings. The lowest BCUT2D eigenvalue weighted by atomic mass is 9.89. The van der Waals surface area contributed by atoms with Crippen LogP contribution in [0.4, 0.5) is 0 Å². The highest BCUT2D eigenvalue weighted by Gasteiger charge is 2.33. The van der Waals surface area contributed by atoms with Crippen LogP contribution in [-0.2, 0) is 4.74 Å². The molecule has 0 spiro atoms. The van der Waals surface area contributed by atoms with Gasteiger partial charge in [-0.25, -0.2) is 4.98 Å². The van der Waals surface area contributed by atoms with E-state index in [1.54, 1.807) is 6.07 Å². The van der Waals surface area contributed by atoms with Crippen molar-refractivity contribution in [2.24, 2.45) is 5.41 Å². The molecule has 1 amide bonds. The van der Waals surface area contributed by atoms with Gasteiger partial charge in [-0.05, 0) is 12.1 Å². The SMILES string of the molecule is CC1(CNC(=O)c2ncccc2O)COC1. The van der Waals surface area contributed by atoms with Crippen LogP contribution in [0.1, 0.15) is 17.4 Å². The van der Waals surface area contributed by atoms with Gasteiger partial charge in [-0.1, -0.05) is 6.92 Å². The van der Waals surface area contributed by atoms with E-state index in [1.807, 2.05) is 6.92 Å². The summed E-state index contributed by atoms with van der Waals surface area (Å²) in [5, 5.41) is 12.2. The molecule has 0 unspecified atom stereocenters. The molecule has 16 heavy (non-hydrogen) atoms. The van der Waals surface area contributed by atoms with Gasteiger partial charge in [0, 0.05) is 18.2 Å². The van der Waals surface area contributed by atoms with Gasteiger partial charge in [0.25, 0.3) is 5.91 Å². The van der Waals surface area contributed by atoms with Gasteiger partial charge in [-0.15, -0.1) is 0 Å². The molecule has 86 valence electrons. The Morgan fingerprint density at radius 2 is 2.44 bits per heavy atom. The van der Waals surface area contributed by atoms with Crippen LogP contribution < -0.4 is 5.32 Å². The standard InChI is InChI=1S/C11H14N2O3/c1-11(6-16-7-11)5-13-10(15)9-8(14)3-2-4-12-9/h2-4,14H,5-7H2,1H3,(H,13,15). The summed E-state index contributed by atoms with van der Waals surface area (Å²) >= 11 is 0. The second kappa shape index (κ2) is 4.09. The highest BCUT2D eigenvalue weighted by atomic mass is 16.5. The summed E-state index contributed by atoms with van der Waals surface area (Å²) in [5.41, 5.74) is 0.0754. The molecule has 1 aromatic rings. The van der Waals surface area contributed by atoms with E-state index < -0.39 is 0 Å². The summed E-state index contributed by atoms with van der Waals surface area (Å²) in [6.07, 6.45) is 1.48. The van der Waals surface area contributed by atoms with E-state index >= 15 is 0 Å². The summed E-state index contributed by atoms with van der Waals surface area (Å²) in [4.78, 5) is 15.5. The molecule has 0 aromatic carbocycles. The molecule has 0 saturated carbocycles. The molecule has 2 N–H and O–H groups in total. The zero-order valence-corrected chi connectivity index (χ0v) is 9.06. The Hall–Kier alpha value is -1.62. The van der Waals surface area contributed by atoms with Crippen molar-refractivity contribution >= 4 is 5.91 Å². The molecule has 1 saturated heterocycles. The molecule has 2 rings (SSSR count). The fourth-order valence-electron chi connectivity index (χ4n) is 1.50. The average molecular weight is 222 g/mol. The van der Waals surface area contributed by atoms with Crippen molar-refractivity contribution < 1.29 is 14.6 Å². The molecule has 5 heteroatoms. The minimum absolute atomic E-state index is 0.0139. The van der Waals surface area contributed by atoms with Crippen molar-refractivity contribution in [3.05, 3.63) is 24.0 Å². The van der Waals surface area contributed by atoms with E-state index in [0.29, 0.717) is 19.8 Å². The topological polar surface area (TPSA) is 71.5 Å². The second-order valence-electron chi connectivity index (χ2n) is 4.36. The summed E-state index contributed by atoms with van der Waals surface area (Å²) < 4.78 is 5.08. The minimum Gasteiger partial charge on any atom is -0.505 e.